The standard InChI is InChI=1S/C13H24F3N3O/c1-4-18-12(11(17)20,10-5-6-10)7-19(9(2)3)8-13(14,15)16/h9-10,18H,4-8H2,1-3H3,(H2,17,20). The van der Waals surface area contributed by atoms with Crippen molar-refractivity contribution in [3.8, 4) is 0 Å². The van der Waals surface area contributed by atoms with Crippen molar-refractivity contribution in [2.75, 3.05) is 19.6 Å². The summed E-state index contributed by atoms with van der Waals surface area (Å²) in [5, 5.41) is 3.05. The Morgan fingerprint density at radius 2 is 1.90 bits per heavy atom. The van der Waals surface area contributed by atoms with Gasteiger partial charge in [0.15, 0.2) is 0 Å². The molecule has 1 aliphatic rings. The monoisotopic (exact) mass is 295 g/mol. The van der Waals surface area contributed by atoms with Crippen LogP contribution in [0.1, 0.15) is 33.6 Å². The Hall–Kier alpha value is -0.820. The van der Waals surface area contributed by atoms with Crippen LogP contribution in [0.2, 0.25) is 0 Å². The lowest BCUT2D eigenvalue weighted by Gasteiger charge is -2.39. The van der Waals surface area contributed by atoms with Gasteiger partial charge in [0.05, 0.1) is 6.54 Å². The van der Waals surface area contributed by atoms with Gasteiger partial charge in [0, 0.05) is 12.6 Å². The van der Waals surface area contributed by atoms with Gasteiger partial charge in [-0.1, -0.05) is 6.92 Å². The van der Waals surface area contributed by atoms with Crippen LogP contribution >= 0.6 is 0 Å². The maximum absolute atomic E-state index is 12.7. The first-order valence-corrected chi connectivity index (χ1v) is 6.98. The molecule has 0 bridgehead atoms. The van der Waals surface area contributed by atoms with Crippen LogP contribution in [-0.4, -0.2) is 48.2 Å². The molecule has 1 rings (SSSR count). The Balaban J connectivity index is 2.92. The van der Waals surface area contributed by atoms with E-state index in [9.17, 15) is 18.0 Å². The highest BCUT2D eigenvalue weighted by Crippen LogP contribution is 2.40. The topological polar surface area (TPSA) is 58.4 Å². The smallest absolute Gasteiger partial charge is 0.368 e. The predicted octanol–water partition coefficient (Wildman–Crippen LogP) is 1.50. The molecule has 1 aliphatic carbocycles. The number of nitrogens with zero attached hydrogens (tertiary/aromatic N) is 1. The first-order valence-electron chi connectivity index (χ1n) is 6.98. The second-order valence-corrected chi connectivity index (χ2v) is 5.75. The maximum Gasteiger partial charge on any atom is 0.401 e. The van der Waals surface area contributed by atoms with E-state index in [4.69, 9.17) is 5.73 Å². The number of primary amides is 1. The van der Waals surface area contributed by atoms with E-state index in [1.165, 1.54) is 4.90 Å². The van der Waals surface area contributed by atoms with Gasteiger partial charge >= 0.3 is 6.18 Å². The summed E-state index contributed by atoms with van der Waals surface area (Å²) in [5.41, 5.74) is 4.45. The number of halogens is 3. The SMILES string of the molecule is CCNC(CN(CC(F)(F)F)C(C)C)(C(N)=O)C1CC1. The summed E-state index contributed by atoms with van der Waals surface area (Å²) in [6, 6.07) is -0.312. The Morgan fingerprint density at radius 1 is 1.35 bits per heavy atom. The van der Waals surface area contributed by atoms with Crippen LogP contribution in [0.3, 0.4) is 0 Å². The molecule has 4 nitrogen and oxygen atoms in total. The van der Waals surface area contributed by atoms with E-state index in [0.29, 0.717) is 6.54 Å². The van der Waals surface area contributed by atoms with Gasteiger partial charge in [-0.2, -0.15) is 13.2 Å². The molecule has 7 heteroatoms. The molecule has 1 saturated carbocycles. The van der Waals surface area contributed by atoms with Gasteiger partial charge in [-0.15, -0.1) is 0 Å². The number of carbonyl (C=O) groups is 1. The normalized spacial score (nSPS) is 19.4. The highest BCUT2D eigenvalue weighted by atomic mass is 19.4. The first kappa shape index (κ1) is 17.2. The molecule has 0 radical (unpaired) electrons. The molecule has 0 aromatic carbocycles. The Bertz CT molecular complexity index is 342. The number of nitrogens with one attached hydrogen (secondary N) is 1. The number of hydrogen-bond donors (Lipinski definition) is 2. The second-order valence-electron chi connectivity index (χ2n) is 5.75. The first-order chi connectivity index (χ1) is 9.12. The van der Waals surface area contributed by atoms with Gasteiger partial charge in [-0.05, 0) is 39.2 Å². The highest BCUT2D eigenvalue weighted by Gasteiger charge is 2.51. The lowest BCUT2D eigenvalue weighted by molar-refractivity contribution is -0.154. The molecular weight excluding hydrogens is 271 g/mol. The van der Waals surface area contributed by atoms with E-state index in [0.717, 1.165) is 12.8 Å². The van der Waals surface area contributed by atoms with Crippen LogP contribution in [0.15, 0.2) is 0 Å². The zero-order valence-corrected chi connectivity index (χ0v) is 12.3. The summed E-state index contributed by atoms with van der Waals surface area (Å²) in [6.07, 6.45) is -2.63. The van der Waals surface area contributed by atoms with Gasteiger partial charge in [0.25, 0.3) is 0 Å². The van der Waals surface area contributed by atoms with E-state index < -0.39 is 24.2 Å². The zero-order valence-electron chi connectivity index (χ0n) is 12.3. The zero-order chi connectivity index (χ0) is 15.6. The van der Waals surface area contributed by atoms with Crippen molar-refractivity contribution >= 4 is 5.91 Å². The molecule has 20 heavy (non-hydrogen) atoms. The van der Waals surface area contributed by atoms with E-state index in [1.807, 2.05) is 6.92 Å². The third kappa shape index (κ3) is 4.34. The molecule has 1 unspecified atom stereocenters. The molecule has 1 amide bonds. The highest BCUT2D eigenvalue weighted by molar-refractivity contribution is 5.86. The number of hydrogen-bond acceptors (Lipinski definition) is 3. The van der Waals surface area contributed by atoms with Gasteiger partial charge in [-0.3, -0.25) is 9.69 Å². The minimum Gasteiger partial charge on any atom is -0.368 e. The number of nitrogens with two attached hydrogens (primary N) is 1. The summed E-state index contributed by atoms with van der Waals surface area (Å²) in [5.74, 6) is -0.524. The van der Waals surface area contributed by atoms with Crippen molar-refractivity contribution < 1.29 is 18.0 Å². The van der Waals surface area contributed by atoms with Crippen LogP contribution < -0.4 is 11.1 Å². The summed E-state index contributed by atoms with van der Waals surface area (Å²) in [4.78, 5) is 13.1. The fourth-order valence-electron chi connectivity index (χ4n) is 2.56. The fourth-order valence-corrected chi connectivity index (χ4v) is 2.56. The van der Waals surface area contributed by atoms with Crippen molar-refractivity contribution in [2.24, 2.45) is 11.7 Å². The molecule has 3 N–H and O–H groups in total. The maximum atomic E-state index is 12.7. The molecule has 0 spiro atoms. The van der Waals surface area contributed by atoms with E-state index in [2.05, 4.69) is 5.32 Å². The van der Waals surface area contributed by atoms with Crippen LogP contribution in [-0.2, 0) is 4.79 Å². The van der Waals surface area contributed by atoms with Gasteiger partial charge in [0.1, 0.15) is 5.54 Å². The fraction of sp³-hybridized carbons (Fsp3) is 0.923. The van der Waals surface area contributed by atoms with Gasteiger partial charge < -0.3 is 11.1 Å². The van der Waals surface area contributed by atoms with Crippen molar-refractivity contribution in [3.63, 3.8) is 0 Å². The lowest BCUT2D eigenvalue weighted by atomic mass is 9.90. The third-order valence-corrected chi connectivity index (χ3v) is 3.77. The third-order valence-electron chi connectivity index (χ3n) is 3.77. The average Bonchev–Trinajstić information content (AvgIpc) is 3.08. The van der Waals surface area contributed by atoms with Gasteiger partial charge in [0.2, 0.25) is 5.91 Å². The Labute approximate surface area is 117 Å². The molecule has 0 saturated heterocycles. The minimum atomic E-state index is -4.29. The number of carbonyl (C=O) groups excluding carboxylic acids is 1. The van der Waals surface area contributed by atoms with Crippen LogP contribution in [0.5, 0.6) is 0 Å². The van der Waals surface area contributed by atoms with Crippen LogP contribution in [0.4, 0.5) is 13.2 Å². The van der Waals surface area contributed by atoms with Crippen LogP contribution in [0, 0.1) is 5.92 Å². The largest absolute Gasteiger partial charge is 0.401 e. The van der Waals surface area contributed by atoms with Gasteiger partial charge in [-0.25, -0.2) is 0 Å². The predicted molar refractivity (Wildman–Crippen MR) is 71.1 cm³/mol. The molecule has 0 aromatic heterocycles. The second kappa shape index (κ2) is 6.30. The lowest BCUT2D eigenvalue weighted by Crippen LogP contribution is -2.64. The average molecular weight is 295 g/mol. The Morgan fingerprint density at radius 3 is 2.20 bits per heavy atom. The van der Waals surface area contributed by atoms with Crippen LogP contribution in [0.25, 0.3) is 0 Å². The van der Waals surface area contributed by atoms with Crippen molar-refractivity contribution in [2.45, 2.75) is 51.4 Å². The molecule has 0 aliphatic heterocycles. The van der Waals surface area contributed by atoms with E-state index in [-0.39, 0.29) is 18.5 Å². The quantitative estimate of drug-likeness (QED) is 0.713. The molecule has 118 valence electrons. The van der Waals surface area contributed by atoms with Crippen molar-refractivity contribution in [3.05, 3.63) is 0 Å². The molecule has 0 aromatic rings. The summed E-state index contributed by atoms with van der Waals surface area (Å²) in [7, 11) is 0. The molecule has 1 atom stereocenters. The Kier molecular flexibility index (Phi) is 5.43. The number of amides is 1. The number of likely N-dealkylation sites (N-methyl/N-ethyl adjacent to an activating group) is 1. The molecular formula is C13H24F3N3O. The van der Waals surface area contributed by atoms with E-state index >= 15 is 0 Å². The van der Waals surface area contributed by atoms with E-state index in [1.54, 1.807) is 13.8 Å². The summed E-state index contributed by atoms with van der Waals surface area (Å²) < 4.78 is 38.0. The number of rotatable bonds is 8. The summed E-state index contributed by atoms with van der Waals surface area (Å²) in [6.45, 7) is 4.67. The number of alkyl halides is 3. The summed E-state index contributed by atoms with van der Waals surface area (Å²) >= 11 is 0. The van der Waals surface area contributed by atoms with Crippen molar-refractivity contribution in [1.82, 2.24) is 10.2 Å². The van der Waals surface area contributed by atoms with Crippen molar-refractivity contribution in [1.29, 1.82) is 0 Å². The molecule has 0 heterocycles. The molecule has 1 fully saturated rings. The minimum absolute atomic E-state index is 0.00197.